The van der Waals surface area contributed by atoms with Crippen LogP contribution < -0.4 is 5.32 Å². The van der Waals surface area contributed by atoms with Crippen LogP contribution in [0.15, 0.2) is 12.4 Å². The maximum atomic E-state index is 4.49. The standard InChI is InChI=1S/C14H21N5/c1-4-11-13(9-18(2)17-11)16-12-6-5-7-14-10(12)8-15-19(14)3/h8-9,12,16H,4-7H2,1-3H3. The Morgan fingerprint density at radius 2 is 2.26 bits per heavy atom. The van der Waals surface area contributed by atoms with Crippen molar-refractivity contribution in [3.63, 3.8) is 0 Å². The summed E-state index contributed by atoms with van der Waals surface area (Å²) in [5, 5.41) is 12.5. The first kappa shape index (κ1) is 12.3. The molecule has 0 saturated heterocycles. The van der Waals surface area contributed by atoms with Crippen molar-refractivity contribution in [3.05, 3.63) is 29.3 Å². The van der Waals surface area contributed by atoms with Crippen molar-refractivity contribution < 1.29 is 0 Å². The highest BCUT2D eigenvalue weighted by Crippen LogP contribution is 2.32. The number of fused-ring (bicyclic) bond motifs is 1. The van der Waals surface area contributed by atoms with E-state index in [0.29, 0.717) is 6.04 Å². The molecule has 0 radical (unpaired) electrons. The summed E-state index contributed by atoms with van der Waals surface area (Å²) in [4.78, 5) is 0. The molecule has 2 heterocycles. The molecule has 1 N–H and O–H groups in total. The molecule has 19 heavy (non-hydrogen) atoms. The largest absolute Gasteiger partial charge is 0.375 e. The van der Waals surface area contributed by atoms with E-state index in [0.717, 1.165) is 30.6 Å². The fraction of sp³-hybridized carbons (Fsp3) is 0.571. The lowest BCUT2D eigenvalue weighted by Crippen LogP contribution is -2.18. The molecule has 1 unspecified atom stereocenters. The summed E-state index contributed by atoms with van der Waals surface area (Å²) in [7, 11) is 4.00. The Hall–Kier alpha value is -1.78. The van der Waals surface area contributed by atoms with Crippen LogP contribution in [0.5, 0.6) is 0 Å². The van der Waals surface area contributed by atoms with Gasteiger partial charge in [-0.05, 0) is 25.7 Å². The molecule has 5 heteroatoms. The van der Waals surface area contributed by atoms with Crippen molar-refractivity contribution in [2.75, 3.05) is 5.32 Å². The molecule has 0 bridgehead atoms. The van der Waals surface area contributed by atoms with Gasteiger partial charge < -0.3 is 5.32 Å². The normalized spacial score (nSPS) is 18.4. The maximum absolute atomic E-state index is 4.49. The molecule has 0 saturated carbocycles. The third kappa shape index (κ3) is 2.13. The van der Waals surface area contributed by atoms with Crippen LogP contribution in [0.4, 0.5) is 5.69 Å². The SMILES string of the molecule is CCc1nn(C)cc1NC1CCCc2c1cnn2C. The van der Waals surface area contributed by atoms with Gasteiger partial charge in [0.15, 0.2) is 0 Å². The minimum absolute atomic E-state index is 0.368. The van der Waals surface area contributed by atoms with E-state index in [1.54, 1.807) is 0 Å². The van der Waals surface area contributed by atoms with Crippen molar-refractivity contribution in [2.45, 2.75) is 38.6 Å². The molecule has 2 aromatic rings. The minimum atomic E-state index is 0.368. The number of rotatable bonds is 3. The maximum Gasteiger partial charge on any atom is 0.0853 e. The molecule has 0 aliphatic heterocycles. The predicted octanol–water partition coefficient (Wildman–Crippen LogP) is 2.21. The van der Waals surface area contributed by atoms with Crippen LogP contribution in [0, 0.1) is 0 Å². The molecule has 102 valence electrons. The zero-order valence-corrected chi connectivity index (χ0v) is 11.8. The Bertz CT molecular complexity index is 581. The van der Waals surface area contributed by atoms with Gasteiger partial charge in [0, 0.05) is 31.5 Å². The van der Waals surface area contributed by atoms with Crippen LogP contribution in [-0.2, 0) is 26.9 Å². The Morgan fingerprint density at radius 3 is 3.05 bits per heavy atom. The van der Waals surface area contributed by atoms with Gasteiger partial charge in [-0.3, -0.25) is 9.36 Å². The van der Waals surface area contributed by atoms with Gasteiger partial charge in [0.25, 0.3) is 0 Å². The van der Waals surface area contributed by atoms with E-state index in [1.807, 2.05) is 29.7 Å². The van der Waals surface area contributed by atoms with Gasteiger partial charge in [0.1, 0.15) is 0 Å². The van der Waals surface area contributed by atoms with Crippen LogP contribution in [0.25, 0.3) is 0 Å². The summed E-state index contributed by atoms with van der Waals surface area (Å²) >= 11 is 0. The monoisotopic (exact) mass is 259 g/mol. The van der Waals surface area contributed by atoms with Crippen molar-refractivity contribution in [2.24, 2.45) is 14.1 Å². The Morgan fingerprint density at radius 1 is 1.42 bits per heavy atom. The van der Waals surface area contributed by atoms with Crippen LogP contribution in [-0.4, -0.2) is 19.6 Å². The van der Waals surface area contributed by atoms with E-state index in [-0.39, 0.29) is 0 Å². The third-order valence-electron chi connectivity index (χ3n) is 3.95. The average molecular weight is 259 g/mol. The van der Waals surface area contributed by atoms with Crippen LogP contribution in [0.2, 0.25) is 0 Å². The molecule has 5 nitrogen and oxygen atoms in total. The van der Waals surface area contributed by atoms with Crippen LogP contribution in [0.3, 0.4) is 0 Å². The Kier molecular flexibility index (Phi) is 3.05. The molecule has 2 aromatic heterocycles. The lowest BCUT2D eigenvalue weighted by molar-refractivity contribution is 0.571. The molecule has 1 atom stereocenters. The second kappa shape index (κ2) is 4.72. The zero-order chi connectivity index (χ0) is 13.4. The van der Waals surface area contributed by atoms with E-state index in [9.17, 15) is 0 Å². The van der Waals surface area contributed by atoms with E-state index in [1.165, 1.54) is 17.7 Å². The van der Waals surface area contributed by atoms with Gasteiger partial charge in [-0.15, -0.1) is 0 Å². The number of aryl methyl sites for hydroxylation is 3. The van der Waals surface area contributed by atoms with E-state index < -0.39 is 0 Å². The van der Waals surface area contributed by atoms with Crippen molar-refractivity contribution in [1.82, 2.24) is 19.6 Å². The summed E-state index contributed by atoms with van der Waals surface area (Å²) in [6, 6.07) is 0.368. The molecule has 0 amide bonds. The quantitative estimate of drug-likeness (QED) is 0.919. The van der Waals surface area contributed by atoms with Crippen molar-refractivity contribution in [1.29, 1.82) is 0 Å². The topological polar surface area (TPSA) is 47.7 Å². The Labute approximate surface area is 113 Å². The van der Waals surface area contributed by atoms with Gasteiger partial charge in [-0.2, -0.15) is 10.2 Å². The van der Waals surface area contributed by atoms with Crippen molar-refractivity contribution in [3.8, 4) is 0 Å². The second-order valence-electron chi connectivity index (χ2n) is 5.28. The first-order valence-corrected chi connectivity index (χ1v) is 6.99. The number of anilines is 1. The average Bonchev–Trinajstić information content (AvgIpc) is 2.94. The number of hydrogen-bond donors (Lipinski definition) is 1. The molecule has 0 spiro atoms. The highest BCUT2D eigenvalue weighted by molar-refractivity contribution is 5.49. The van der Waals surface area contributed by atoms with Crippen molar-refractivity contribution >= 4 is 5.69 Å². The van der Waals surface area contributed by atoms with Gasteiger partial charge in [0.2, 0.25) is 0 Å². The lowest BCUT2D eigenvalue weighted by atomic mass is 9.93. The highest BCUT2D eigenvalue weighted by Gasteiger charge is 2.24. The second-order valence-corrected chi connectivity index (χ2v) is 5.28. The number of hydrogen-bond acceptors (Lipinski definition) is 3. The first-order chi connectivity index (χ1) is 9.19. The fourth-order valence-corrected chi connectivity index (χ4v) is 2.96. The lowest BCUT2D eigenvalue weighted by Gasteiger charge is -2.24. The summed E-state index contributed by atoms with van der Waals surface area (Å²) in [5.41, 5.74) is 5.01. The molecule has 1 aliphatic carbocycles. The molecule has 1 aliphatic rings. The van der Waals surface area contributed by atoms with E-state index >= 15 is 0 Å². The molecular formula is C14H21N5. The van der Waals surface area contributed by atoms with E-state index in [4.69, 9.17) is 0 Å². The van der Waals surface area contributed by atoms with Gasteiger partial charge >= 0.3 is 0 Å². The van der Waals surface area contributed by atoms with Gasteiger partial charge in [-0.1, -0.05) is 6.92 Å². The molecular weight excluding hydrogens is 238 g/mol. The predicted molar refractivity (Wildman–Crippen MR) is 75.1 cm³/mol. The zero-order valence-electron chi connectivity index (χ0n) is 11.8. The molecule has 0 aromatic carbocycles. The summed E-state index contributed by atoms with van der Waals surface area (Å²) in [6.45, 7) is 2.14. The summed E-state index contributed by atoms with van der Waals surface area (Å²) in [6.07, 6.45) is 8.55. The number of nitrogens with zero attached hydrogens (tertiary/aromatic N) is 4. The van der Waals surface area contributed by atoms with Gasteiger partial charge in [-0.25, -0.2) is 0 Å². The van der Waals surface area contributed by atoms with Crippen LogP contribution >= 0.6 is 0 Å². The fourth-order valence-electron chi connectivity index (χ4n) is 2.96. The first-order valence-electron chi connectivity index (χ1n) is 6.99. The minimum Gasteiger partial charge on any atom is -0.375 e. The van der Waals surface area contributed by atoms with Crippen LogP contribution in [0.1, 0.15) is 42.8 Å². The summed E-state index contributed by atoms with van der Waals surface area (Å²) < 4.78 is 3.89. The van der Waals surface area contributed by atoms with E-state index in [2.05, 4.69) is 28.6 Å². The molecule has 3 rings (SSSR count). The number of nitrogens with one attached hydrogen (secondary N) is 1. The summed E-state index contributed by atoms with van der Waals surface area (Å²) in [5.74, 6) is 0. The number of aromatic nitrogens is 4. The molecule has 0 fully saturated rings. The van der Waals surface area contributed by atoms with Gasteiger partial charge in [0.05, 0.1) is 23.6 Å². The Balaban J connectivity index is 1.88. The third-order valence-corrected chi connectivity index (χ3v) is 3.95. The highest BCUT2D eigenvalue weighted by atomic mass is 15.3. The smallest absolute Gasteiger partial charge is 0.0853 e.